The van der Waals surface area contributed by atoms with Gasteiger partial charge in [-0.1, -0.05) is 13.8 Å². The Morgan fingerprint density at radius 3 is 2.48 bits per heavy atom. The second-order valence-corrected chi connectivity index (χ2v) is 11.0. The smallest absolute Gasteiger partial charge is 0.271 e. The van der Waals surface area contributed by atoms with Gasteiger partial charge in [-0.05, 0) is 90.7 Å². The highest BCUT2D eigenvalue weighted by Crippen LogP contribution is 2.42. The molecule has 1 aromatic heterocycles. The van der Waals surface area contributed by atoms with Crippen LogP contribution in [0.2, 0.25) is 0 Å². The fraction of sp³-hybridized carbons (Fsp3) is 0.542. The summed E-state index contributed by atoms with van der Waals surface area (Å²) in [5.74, 6) is 1.03. The van der Waals surface area contributed by atoms with Crippen LogP contribution in [0.1, 0.15) is 62.7 Å². The number of ether oxygens (including phenoxy) is 1. The first-order chi connectivity index (χ1) is 13.5. The molecule has 29 heavy (non-hydrogen) atoms. The van der Waals surface area contributed by atoms with E-state index in [2.05, 4.69) is 78.2 Å². The Kier molecular flexibility index (Phi) is 4.88. The Labute approximate surface area is 182 Å². The maximum absolute atomic E-state index is 13.7. The van der Waals surface area contributed by atoms with Gasteiger partial charge in [0.1, 0.15) is 11.4 Å². The monoisotopic (exact) mass is 458 g/mol. The number of nitrogens with zero attached hydrogens (tertiary/aromatic N) is 2. The zero-order valence-electron chi connectivity index (χ0n) is 18.4. The second kappa shape index (κ2) is 6.90. The Morgan fingerprint density at radius 1 is 1.10 bits per heavy atom. The summed E-state index contributed by atoms with van der Waals surface area (Å²) in [4.78, 5) is 15.8. The van der Waals surface area contributed by atoms with E-state index in [9.17, 15) is 4.79 Å². The topological polar surface area (TPSA) is 34.5 Å². The Bertz CT molecular complexity index is 982. The number of aryl methyl sites for hydroxylation is 1. The zero-order chi connectivity index (χ0) is 21.1. The van der Waals surface area contributed by atoms with Crippen LogP contribution >= 0.6 is 15.9 Å². The van der Waals surface area contributed by atoms with Crippen LogP contribution in [0.5, 0.6) is 5.75 Å². The molecule has 5 heteroatoms. The molecule has 1 amide bonds. The molecule has 0 saturated carbocycles. The fourth-order valence-corrected chi connectivity index (χ4v) is 5.27. The van der Waals surface area contributed by atoms with Crippen LogP contribution in [-0.2, 0) is 19.4 Å². The number of amides is 1. The molecule has 2 aliphatic heterocycles. The van der Waals surface area contributed by atoms with Gasteiger partial charge in [-0.15, -0.1) is 0 Å². The molecule has 0 unspecified atom stereocenters. The molecule has 0 spiro atoms. The summed E-state index contributed by atoms with van der Waals surface area (Å²) in [7, 11) is 1.70. The molecule has 4 rings (SSSR count). The molecule has 4 nitrogen and oxygen atoms in total. The Morgan fingerprint density at radius 2 is 1.83 bits per heavy atom. The van der Waals surface area contributed by atoms with E-state index in [-0.39, 0.29) is 16.9 Å². The van der Waals surface area contributed by atoms with Gasteiger partial charge in [0.25, 0.3) is 5.91 Å². The van der Waals surface area contributed by atoms with Crippen LogP contribution in [0.3, 0.4) is 0 Å². The predicted octanol–water partition coefficient (Wildman–Crippen LogP) is 5.70. The maximum Gasteiger partial charge on any atom is 0.271 e. The van der Waals surface area contributed by atoms with Gasteiger partial charge in [0.05, 0.1) is 11.6 Å². The van der Waals surface area contributed by atoms with E-state index >= 15 is 0 Å². The van der Waals surface area contributed by atoms with Crippen LogP contribution < -0.4 is 4.74 Å². The minimum atomic E-state index is -0.199. The largest absolute Gasteiger partial charge is 0.496 e. The average Bonchev–Trinajstić information content (AvgIpc) is 2.96. The molecule has 2 aromatic rings. The van der Waals surface area contributed by atoms with Crippen molar-refractivity contribution in [3.63, 3.8) is 0 Å². The molecule has 3 heterocycles. The maximum atomic E-state index is 13.7. The highest BCUT2D eigenvalue weighted by molar-refractivity contribution is 9.10. The second-order valence-electron chi connectivity index (χ2n) is 10.2. The number of carbonyl (C=O) groups excluding carboxylic acids is 1. The minimum Gasteiger partial charge on any atom is -0.496 e. The lowest BCUT2D eigenvalue weighted by Crippen LogP contribution is -2.49. The highest BCUT2D eigenvalue weighted by Gasteiger charge is 2.37. The van der Waals surface area contributed by atoms with Gasteiger partial charge in [0, 0.05) is 29.9 Å². The van der Waals surface area contributed by atoms with E-state index in [1.54, 1.807) is 7.11 Å². The van der Waals surface area contributed by atoms with E-state index in [0.29, 0.717) is 0 Å². The van der Waals surface area contributed by atoms with E-state index in [4.69, 9.17) is 4.74 Å². The lowest BCUT2D eigenvalue weighted by molar-refractivity contribution is 0.0517. The van der Waals surface area contributed by atoms with Crippen LogP contribution in [0.25, 0.3) is 11.3 Å². The molecule has 0 bridgehead atoms. The first-order valence-electron chi connectivity index (χ1n) is 10.4. The van der Waals surface area contributed by atoms with Gasteiger partial charge in [0.2, 0.25) is 0 Å². The molecule has 2 aliphatic rings. The molecule has 156 valence electrons. The molecule has 0 radical (unpaired) electrons. The van der Waals surface area contributed by atoms with Crippen molar-refractivity contribution < 1.29 is 9.53 Å². The van der Waals surface area contributed by atoms with Crippen LogP contribution in [-0.4, -0.2) is 34.6 Å². The number of benzene rings is 1. The molecule has 0 atom stereocenters. The van der Waals surface area contributed by atoms with Crippen molar-refractivity contribution in [2.75, 3.05) is 13.7 Å². The summed E-state index contributed by atoms with van der Waals surface area (Å²) in [6, 6.07) is 6.53. The van der Waals surface area contributed by atoms with Crippen molar-refractivity contribution >= 4 is 21.8 Å². The highest BCUT2D eigenvalue weighted by atomic mass is 79.9. The van der Waals surface area contributed by atoms with Crippen molar-refractivity contribution in [1.29, 1.82) is 0 Å². The zero-order valence-corrected chi connectivity index (χ0v) is 19.9. The summed E-state index contributed by atoms with van der Waals surface area (Å²) < 4.78 is 8.71. The lowest BCUT2D eigenvalue weighted by atomic mass is 9.80. The third-order valence-corrected chi connectivity index (χ3v) is 6.99. The van der Waals surface area contributed by atoms with E-state index in [0.717, 1.165) is 54.0 Å². The van der Waals surface area contributed by atoms with Gasteiger partial charge in [-0.25, -0.2) is 0 Å². The van der Waals surface area contributed by atoms with Crippen molar-refractivity contribution in [2.45, 2.75) is 66.0 Å². The number of aromatic nitrogens is 1. The first kappa shape index (κ1) is 20.5. The summed E-state index contributed by atoms with van der Waals surface area (Å²) in [5, 5.41) is 0. The van der Waals surface area contributed by atoms with Gasteiger partial charge in [-0.2, -0.15) is 0 Å². The molecular weight excluding hydrogens is 428 g/mol. The van der Waals surface area contributed by atoms with Crippen molar-refractivity contribution in [3.05, 3.63) is 39.5 Å². The van der Waals surface area contributed by atoms with E-state index in [1.165, 1.54) is 16.7 Å². The number of carbonyl (C=O) groups is 1. The summed E-state index contributed by atoms with van der Waals surface area (Å²) in [5.41, 5.74) is 5.66. The third-order valence-electron chi connectivity index (χ3n) is 6.37. The van der Waals surface area contributed by atoms with Crippen molar-refractivity contribution in [3.8, 4) is 17.0 Å². The molecule has 0 saturated heterocycles. The number of rotatable bonds is 1. The van der Waals surface area contributed by atoms with Gasteiger partial charge < -0.3 is 14.2 Å². The molecule has 1 aromatic carbocycles. The van der Waals surface area contributed by atoms with Crippen LogP contribution in [0.15, 0.2) is 22.7 Å². The molecule has 0 N–H and O–H groups in total. The van der Waals surface area contributed by atoms with Crippen LogP contribution in [0.4, 0.5) is 0 Å². The van der Waals surface area contributed by atoms with Crippen molar-refractivity contribution in [1.82, 2.24) is 9.47 Å². The predicted molar refractivity (Wildman–Crippen MR) is 121 cm³/mol. The number of methoxy groups -OCH3 is 1. The van der Waals surface area contributed by atoms with E-state index < -0.39 is 0 Å². The standard InChI is InChI=1S/C24H31BrN2O2/c1-23(2,3)27-10-8-24(4,5)14-16-11-19-17-13-18(25)20(29-6)12-15(17)7-9-26(19)21(16)22(27)28/h11-13H,7-10,14H2,1-6H3. The van der Waals surface area contributed by atoms with Gasteiger partial charge in [0.15, 0.2) is 0 Å². The number of hydrogen-bond acceptors (Lipinski definition) is 2. The normalized spacial score (nSPS) is 18.4. The lowest BCUT2D eigenvalue weighted by Gasteiger charge is -2.40. The van der Waals surface area contributed by atoms with Crippen molar-refractivity contribution in [2.24, 2.45) is 5.41 Å². The van der Waals surface area contributed by atoms with E-state index in [1.807, 2.05) is 0 Å². The molecular formula is C24H31BrN2O2. The quantitative estimate of drug-likeness (QED) is 0.549. The minimum absolute atomic E-state index is 0.153. The molecule has 0 fully saturated rings. The van der Waals surface area contributed by atoms with Crippen LogP contribution in [0, 0.1) is 5.41 Å². The first-order valence-corrected chi connectivity index (χ1v) is 11.2. The average molecular weight is 459 g/mol. The Hall–Kier alpha value is -1.75. The summed E-state index contributed by atoms with van der Waals surface area (Å²) >= 11 is 3.64. The van der Waals surface area contributed by atoms with Gasteiger partial charge in [-0.3, -0.25) is 4.79 Å². The third kappa shape index (κ3) is 3.52. The van der Waals surface area contributed by atoms with Gasteiger partial charge >= 0.3 is 0 Å². The molecule has 0 aliphatic carbocycles. The summed E-state index contributed by atoms with van der Waals surface area (Å²) in [6.07, 6.45) is 2.84. The number of halogens is 1. The number of hydrogen-bond donors (Lipinski definition) is 0. The number of fused-ring (bicyclic) bond motifs is 5. The SMILES string of the molecule is COc1cc2c(cc1Br)-c1cc3c(n1CC2)C(=O)N(C(C)(C)C)CCC(C)(C)C3. The fourth-order valence-electron chi connectivity index (χ4n) is 4.77. The summed E-state index contributed by atoms with van der Waals surface area (Å²) in [6.45, 7) is 12.7. The Balaban J connectivity index is 1.91.